The van der Waals surface area contributed by atoms with Gasteiger partial charge in [0.05, 0.1) is 4.90 Å². The number of aryl methyl sites for hydroxylation is 2. The first kappa shape index (κ1) is 23.0. The number of piperidine rings is 1. The molecule has 0 bridgehead atoms. The molecule has 2 aromatic rings. The lowest BCUT2D eigenvalue weighted by atomic mass is 10.0. The lowest BCUT2D eigenvalue weighted by molar-refractivity contribution is -0.132. The minimum Gasteiger partial charge on any atom is -0.343 e. The fourth-order valence-corrected chi connectivity index (χ4v) is 4.92. The highest BCUT2D eigenvalue weighted by Crippen LogP contribution is 2.18. The van der Waals surface area contributed by atoms with Gasteiger partial charge in [-0.1, -0.05) is 29.8 Å². The van der Waals surface area contributed by atoms with E-state index < -0.39 is 10.0 Å². The highest BCUT2D eigenvalue weighted by atomic mass is 32.2. The van der Waals surface area contributed by atoms with Gasteiger partial charge in [-0.25, -0.2) is 13.1 Å². The predicted octanol–water partition coefficient (Wildman–Crippen LogP) is 2.86. The van der Waals surface area contributed by atoms with E-state index in [9.17, 15) is 18.0 Å². The number of nitrogens with one attached hydrogen (secondary N) is 2. The highest BCUT2D eigenvalue weighted by Gasteiger charge is 2.26. The van der Waals surface area contributed by atoms with Gasteiger partial charge >= 0.3 is 0 Å². The molecule has 3 rings (SSSR count). The molecule has 1 aliphatic rings. The molecular weight excluding hydrogens is 414 g/mol. The molecule has 0 atom stereocenters. The van der Waals surface area contributed by atoms with Crippen LogP contribution in [-0.2, 0) is 26.0 Å². The van der Waals surface area contributed by atoms with Crippen molar-refractivity contribution in [3.8, 4) is 0 Å². The van der Waals surface area contributed by atoms with Crippen LogP contribution in [0.2, 0.25) is 0 Å². The fourth-order valence-electron chi connectivity index (χ4n) is 3.62. The number of likely N-dealkylation sites (tertiary alicyclic amines) is 1. The van der Waals surface area contributed by atoms with Crippen molar-refractivity contribution < 1.29 is 18.0 Å². The molecule has 1 heterocycles. The van der Waals surface area contributed by atoms with E-state index in [2.05, 4.69) is 10.0 Å². The lowest BCUT2D eigenvalue weighted by Gasteiger charge is -2.32. The summed E-state index contributed by atoms with van der Waals surface area (Å²) in [5, 5.41) is 2.61. The van der Waals surface area contributed by atoms with Crippen LogP contribution in [0.3, 0.4) is 0 Å². The Kier molecular flexibility index (Phi) is 7.46. The monoisotopic (exact) mass is 443 g/mol. The fraction of sp³-hybridized carbons (Fsp3) is 0.391. The number of nitrogens with zero attached hydrogens (tertiary/aromatic N) is 1. The zero-order valence-electron chi connectivity index (χ0n) is 17.9. The molecule has 0 saturated carbocycles. The number of amides is 2. The Hall–Kier alpha value is -2.71. The van der Waals surface area contributed by atoms with Gasteiger partial charge in [0.15, 0.2) is 0 Å². The minimum absolute atomic E-state index is 0.107. The molecule has 2 aromatic carbocycles. The summed E-state index contributed by atoms with van der Waals surface area (Å²) in [5.74, 6) is -0.107. The molecule has 0 aliphatic carbocycles. The van der Waals surface area contributed by atoms with Crippen molar-refractivity contribution in [2.24, 2.45) is 0 Å². The van der Waals surface area contributed by atoms with Gasteiger partial charge in [-0.05, 0) is 56.0 Å². The summed E-state index contributed by atoms with van der Waals surface area (Å²) in [5.41, 5.74) is 2.89. The Labute approximate surface area is 183 Å². The molecule has 0 aromatic heterocycles. The third-order valence-corrected chi connectivity index (χ3v) is 6.94. The third kappa shape index (κ3) is 6.63. The molecule has 31 heavy (non-hydrogen) atoms. The smallest absolute Gasteiger partial charge is 0.240 e. The van der Waals surface area contributed by atoms with Crippen LogP contribution in [0.5, 0.6) is 0 Å². The van der Waals surface area contributed by atoms with Crippen molar-refractivity contribution in [1.29, 1.82) is 0 Å². The Bertz CT molecular complexity index is 1010. The van der Waals surface area contributed by atoms with E-state index in [1.54, 1.807) is 12.1 Å². The highest BCUT2D eigenvalue weighted by molar-refractivity contribution is 7.89. The Balaban J connectivity index is 1.48. The van der Waals surface area contributed by atoms with Crippen LogP contribution in [0.4, 0.5) is 5.69 Å². The van der Waals surface area contributed by atoms with E-state index >= 15 is 0 Å². The van der Waals surface area contributed by atoms with E-state index in [1.165, 1.54) is 24.6 Å². The second-order valence-electron chi connectivity index (χ2n) is 7.97. The van der Waals surface area contributed by atoms with Gasteiger partial charge in [-0.15, -0.1) is 0 Å². The minimum atomic E-state index is -3.66. The van der Waals surface area contributed by atoms with Gasteiger partial charge in [-0.2, -0.15) is 0 Å². The Morgan fingerprint density at radius 2 is 1.61 bits per heavy atom. The van der Waals surface area contributed by atoms with Crippen molar-refractivity contribution >= 4 is 27.5 Å². The first-order valence-corrected chi connectivity index (χ1v) is 11.9. The van der Waals surface area contributed by atoms with Gasteiger partial charge in [-0.3, -0.25) is 9.59 Å². The number of sulfonamides is 1. The van der Waals surface area contributed by atoms with Crippen molar-refractivity contribution in [3.63, 3.8) is 0 Å². The van der Waals surface area contributed by atoms with Crippen molar-refractivity contribution in [2.75, 3.05) is 18.4 Å². The van der Waals surface area contributed by atoms with Gasteiger partial charge in [0.1, 0.15) is 0 Å². The van der Waals surface area contributed by atoms with Crippen LogP contribution < -0.4 is 10.0 Å². The maximum Gasteiger partial charge on any atom is 0.240 e. The second kappa shape index (κ2) is 10.1. The SMILES string of the molecule is CC(=O)Nc1ccc(S(=O)(=O)NC2CCN(C(=O)CCc3ccc(C)cc3)CC2)cc1. The van der Waals surface area contributed by atoms with E-state index in [-0.39, 0.29) is 22.8 Å². The summed E-state index contributed by atoms with van der Waals surface area (Å²) < 4.78 is 28.0. The second-order valence-corrected chi connectivity index (χ2v) is 9.68. The van der Waals surface area contributed by atoms with Gasteiger partial charge in [0.2, 0.25) is 21.8 Å². The summed E-state index contributed by atoms with van der Waals surface area (Å²) >= 11 is 0. The van der Waals surface area contributed by atoms with E-state index in [1.807, 2.05) is 36.1 Å². The van der Waals surface area contributed by atoms with E-state index in [0.717, 1.165) is 5.56 Å². The number of benzene rings is 2. The van der Waals surface area contributed by atoms with Gasteiger partial charge in [0.25, 0.3) is 0 Å². The molecule has 0 spiro atoms. The maximum absolute atomic E-state index is 12.7. The van der Waals surface area contributed by atoms with Crippen LogP contribution in [-0.4, -0.2) is 44.3 Å². The molecule has 1 saturated heterocycles. The van der Waals surface area contributed by atoms with Crippen LogP contribution in [0, 0.1) is 6.92 Å². The zero-order chi connectivity index (χ0) is 22.4. The van der Waals surface area contributed by atoms with Crippen LogP contribution in [0.1, 0.15) is 37.3 Å². The van der Waals surface area contributed by atoms with Gasteiger partial charge < -0.3 is 10.2 Å². The number of rotatable bonds is 7. The molecular formula is C23H29N3O4S. The summed E-state index contributed by atoms with van der Waals surface area (Å²) in [4.78, 5) is 25.6. The number of hydrogen-bond acceptors (Lipinski definition) is 4. The van der Waals surface area contributed by atoms with Crippen molar-refractivity contribution in [3.05, 3.63) is 59.7 Å². The average molecular weight is 444 g/mol. The topological polar surface area (TPSA) is 95.6 Å². The zero-order valence-corrected chi connectivity index (χ0v) is 18.7. The molecule has 0 radical (unpaired) electrons. The third-order valence-electron chi connectivity index (χ3n) is 5.40. The first-order valence-electron chi connectivity index (χ1n) is 10.5. The molecule has 1 aliphatic heterocycles. The van der Waals surface area contributed by atoms with Crippen molar-refractivity contribution in [1.82, 2.24) is 9.62 Å². The van der Waals surface area contributed by atoms with Crippen LogP contribution in [0.25, 0.3) is 0 Å². The normalized spacial score (nSPS) is 15.0. The first-order chi connectivity index (χ1) is 14.7. The van der Waals surface area contributed by atoms with E-state index in [4.69, 9.17) is 0 Å². The summed E-state index contributed by atoms with van der Waals surface area (Å²) in [6.07, 6.45) is 2.33. The van der Waals surface area contributed by atoms with E-state index in [0.29, 0.717) is 44.5 Å². The summed E-state index contributed by atoms with van der Waals surface area (Å²) in [6, 6.07) is 14.0. The van der Waals surface area contributed by atoms with Gasteiger partial charge in [0, 0.05) is 38.2 Å². The molecule has 2 N–H and O–H groups in total. The maximum atomic E-state index is 12.7. The van der Waals surface area contributed by atoms with Crippen LogP contribution >= 0.6 is 0 Å². The predicted molar refractivity (Wildman–Crippen MR) is 120 cm³/mol. The molecule has 1 fully saturated rings. The number of hydrogen-bond donors (Lipinski definition) is 2. The Morgan fingerprint density at radius 3 is 2.19 bits per heavy atom. The summed E-state index contributed by atoms with van der Waals surface area (Å²) in [6.45, 7) is 4.52. The lowest BCUT2D eigenvalue weighted by Crippen LogP contribution is -2.46. The molecule has 8 heteroatoms. The number of anilines is 1. The van der Waals surface area contributed by atoms with Crippen LogP contribution in [0.15, 0.2) is 53.4 Å². The molecule has 0 unspecified atom stereocenters. The molecule has 166 valence electrons. The average Bonchev–Trinajstić information content (AvgIpc) is 2.73. The van der Waals surface area contributed by atoms with Crippen molar-refractivity contribution in [2.45, 2.75) is 50.5 Å². The Morgan fingerprint density at radius 1 is 1.00 bits per heavy atom. The summed E-state index contributed by atoms with van der Waals surface area (Å²) in [7, 11) is -3.66. The number of carbonyl (C=O) groups excluding carboxylic acids is 2. The standard InChI is InChI=1S/C23H29N3O4S/c1-17-3-5-19(6-4-17)7-12-23(28)26-15-13-21(14-16-26)25-31(29,30)22-10-8-20(9-11-22)24-18(2)27/h3-6,8-11,21,25H,7,12-16H2,1-2H3,(H,24,27). The largest absolute Gasteiger partial charge is 0.343 e. The molecule has 7 nitrogen and oxygen atoms in total. The quantitative estimate of drug-likeness (QED) is 0.688. The molecule has 2 amide bonds. The number of carbonyl (C=O) groups is 2.